The molecule has 0 bridgehead atoms. The van der Waals surface area contributed by atoms with Crippen LogP contribution in [-0.2, 0) is 13.1 Å². The zero-order chi connectivity index (χ0) is 16.2. The van der Waals surface area contributed by atoms with E-state index >= 15 is 0 Å². The van der Waals surface area contributed by atoms with Crippen molar-refractivity contribution in [2.45, 2.75) is 20.0 Å². The molecule has 1 saturated heterocycles. The van der Waals surface area contributed by atoms with Gasteiger partial charge < -0.3 is 10.3 Å². The van der Waals surface area contributed by atoms with Crippen molar-refractivity contribution in [3.8, 4) is 0 Å². The van der Waals surface area contributed by atoms with Crippen LogP contribution in [0.5, 0.6) is 0 Å². The van der Waals surface area contributed by atoms with E-state index in [-0.39, 0.29) is 5.91 Å². The maximum absolute atomic E-state index is 11.1. The monoisotopic (exact) mass is 314 g/mol. The molecule has 0 radical (unpaired) electrons. The SMILES string of the molecule is Cc1cc(CN2CCN(Cc3ccc(C(N)=O)cc3)CC2)on1. The van der Waals surface area contributed by atoms with E-state index in [9.17, 15) is 4.79 Å². The van der Waals surface area contributed by atoms with Gasteiger partial charge in [0.15, 0.2) is 5.76 Å². The average molecular weight is 314 g/mol. The molecule has 122 valence electrons. The maximum atomic E-state index is 11.1. The maximum Gasteiger partial charge on any atom is 0.248 e. The van der Waals surface area contributed by atoms with E-state index < -0.39 is 0 Å². The molecule has 23 heavy (non-hydrogen) atoms. The molecule has 0 spiro atoms. The first-order valence-corrected chi connectivity index (χ1v) is 7.86. The van der Waals surface area contributed by atoms with E-state index in [0.29, 0.717) is 5.56 Å². The predicted molar refractivity (Wildman–Crippen MR) is 86.8 cm³/mol. The number of hydrogen-bond acceptors (Lipinski definition) is 5. The summed E-state index contributed by atoms with van der Waals surface area (Å²) in [6.45, 7) is 7.72. The lowest BCUT2D eigenvalue weighted by molar-refractivity contribution is 0.1000. The molecule has 1 aliphatic heterocycles. The molecule has 3 rings (SSSR count). The van der Waals surface area contributed by atoms with E-state index in [2.05, 4.69) is 15.0 Å². The number of piperazine rings is 1. The van der Waals surface area contributed by atoms with Crippen molar-refractivity contribution in [1.82, 2.24) is 15.0 Å². The summed E-state index contributed by atoms with van der Waals surface area (Å²) >= 11 is 0. The quantitative estimate of drug-likeness (QED) is 0.903. The third-order valence-corrected chi connectivity index (χ3v) is 4.17. The molecule has 2 N–H and O–H groups in total. The Hall–Kier alpha value is -2.18. The summed E-state index contributed by atoms with van der Waals surface area (Å²) in [5, 5.41) is 3.93. The van der Waals surface area contributed by atoms with E-state index in [1.54, 1.807) is 12.1 Å². The van der Waals surface area contributed by atoms with Crippen LogP contribution in [-0.4, -0.2) is 47.0 Å². The minimum absolute atomic E-state index is 0.382. The summed E-state index contributed by atoms with van der Waals surface area (Å²) in [5.74, 6) is 0.547. The summed E-state index contributed by atoms with van der Waals surface area (Å²) in [5.41, 5.74) is 7.95. The zero-order valence-corrected chi connectivity index (χ0v) is 13.4. The van der Waals surface area contributed by atoms with Gasteiger partial charge in [-0.25, -0.2) is 0 Å². The van der Waals surface area contributed by atoms with Crippen LogP contribution in [0.3, 0.4) is 0 Å². The standard InChI is InChI=1S/C17H22N4O2/c1-13-10-16(23-19-13)12-21-8-6-20(7-9-21)11-14-2-4-15(5-3-14)17(18)22/h2-5,10H,6-9,11-12H2,1H3,(H2,18,22). The Morgan fingerprint density at radius 1 is 1.13 bits per heavy atom. The first kappa shape index (κ1) is 15.7. The molecule has 1 aromatic carbocycles. The van der Waals surface area contributed by atoms with Crippen LogP contribution in [0, 0.1) is 6.92 Å². The Morgan fingerprint density at radius 2 is 1.74 bits per heavy atom. The Labute approximate surface area is 135 Å². The number of rotatable bonds is 5. The van der Waals surface area contributed by atoms with Gasteiger partial charge in [0.05, 0.1) is 12.2 Å². The third-order valence-electron chi connectivity index (χ3n) is 4.17. The number of carbonyl (C=O) groups is 1. The molecule has 1 amide bonds. The van der Waals surface area contributed by atoms with Crippen LogP contribution in [0.4, 0.5) is 0 Å². The van der Waals surface area contributed by atoms with Crippen LogP contribution in [0.2, 0.25) is 0 Å². The van der Waals surface area contributed by atoms with Crippen molar-refractivity contribution in [3.05, 3.63) is 52.9 Å². The number of nitrogens with two attached hydrogens (primary N) is 1. The molecule has 0 saturated carbocycles. The molecule has 0 atom stereocenters. The lowest BCUT2D eigenvalue weighted by atomic mass is 10.1. The van der Waals surface area contributed by atoms with Crippen LogP contribution in [0.15, 0.2) is 34.9 Å². The lowest BCUT2D eigenvalue weighted by Crippen LogP contribution is -2.45. The second kappa shape index (κ2) is 6.93. The molecular formula is C17H22N4O2. The van der Waals surface area contributed by atoms with Crippen molar-refractivity contribution >= 4 is 5.91 Å². The number of carbonyl (C=O) groups excluding carboxylic acids is 1. The van der Waals surface area contributed by atoms with Gasteiger partial charge >= 0.3 is 0 Å². The first-order chi connectivity index (χ1) is 11.1. The summed E-state index contributed by atoms with van der Waals surface area (Å²) in [7, 11) is 0. The molecule has 2 heterocycles. The van der Waals surface area contributed by atoms with E-state index in [4.69, 9.17) is 10.3 Å². The van der Waals surface area contributed by atoms with Crippen molar-refractivity contribution < 1.29 is 9.32 Å². The highest BCUT2D eigenvalue weighted by atomic mass is 16.5. The number of primary amides is 1. The highest BCUT2D eigenvalue weighted by Crippen LogP contribution is 2.13. The van der Waals surface area contributed by atoms with Gasteiger partial charge in [-0.1, -0.05) is 17.3 Å². The Bertz CT molecular complexity index is 657. The Balaban J connectivity index is 1.48. The molecule has 0 aliphatic carbocycles. The summed E-state index contributed by atoms with van der Waals surface area (Å²) in [4.78, 5) is 15.9. The average Bonchev–Trinajstić information content (AvgIpc) is 2.95. The normalized spacial score (nSPS) is 16.6. The second-order valence-electron chi connectivity index (χ2n) is 6.05. The van der Waals surface area contributed by atoms with Crippen LogP contribution < -0.4 is 5.73 Å². The summed E-state index contributed by atoms with van der Waals surface area (Å²) in [6.07, 6.45) is 0. The molecule has 1 aliphatic rings. The van der Waals surface area contributed by atoms with E-state index in [0.717, 1.165) is 50.7 Å². The Kier molecular flexibility index (Phi) is 4.73. The summed E-state index contributed by atoms with van der Waals surface area (Å²) < 4.78 is 5.28. The minimum Gasteiger partial charge on any atom is -0.366 e. The Morgan fingerprint density at radius 3 is 2.26 bits per heavy atom. The highest BCUT2D eigenvalue weighted by molar-refractivity contribution is 5.92. The van der Waals surface area contributed by atoms with Crippen LogP contribution >= 0.6 is 0 Å². The largest absolute Gasteiger partial charge is 0.366 e. The van der Waals surface area contributed by atoms with E-state index in [1.165, 1.54) is 5.56 Å². The van der Waals surface area contributed by atoms with Gasteiger partial charge in [0, 0.05) is 44.4 Å². The molecule has 0 unspecified atom stereocenters. The van der Waals surface area contributed by atoms with Gasteiger partial charge in [-0.3, -0.25) is 14.6 Å². The molecule has 6 heteroatoms. The molecule has 6 nitrogen and oxygen atoms in total. The van der Waals surface area contributed by atoms with Gasteiger partial charge in [-0.05, 0) is 24.6 Å². The third kappa shape index (κ3) is 4.18. The molecule has 1 fully saturated rings. The fourth-order valence-electron chi connectivity index (χ4n) is 2.85. The van der Waals surface area contributed by atoms with Crippen molar-refractivity contribution in [3.63, 3.8) is 0 Å². The number of hydrogen-bond donors (Lipinski definition) is 1. The van der Waals surface area contributed by atoms with Gasteiger partial charge in [0.2, 0.25) is 5.91 Å². The minimum atomic E-state index is -0.382. The molecule has 1 aromatic heterocycles. The predicted octanol–water partition coefficient (Wildman–Crippen LogP) is 1.40. The number of nitrogens with zero attached hydrogens (tertiary/aromatic N) is 3. The number of aromatic nitrogens is 1. The smallest absolute Gasteiger partial charge is 0.248 e. The zero-order valence-electron chi connectivity index (χ0n) is 13.4. The van der Waals surface area contributed by atoms with Gasteiger partial charge in [-0.15, -0.1) is 0 Å². The molecule has 2 aromatic rings. The second-order valence-corrected chi connectivity index (χ2v) is 6.05. The van der Waals surface area contributed by atoms with Gasteiger partial charge in [0.1, 0.15) is 0 Å². The van der Waals surface area contributed by atoms with Crippen molar-refractivity contribution in [2.75, 3.05) is 26.2 Å². The van der Waals surface area contributed by atoms with Crippen LogP contribution in [0.1, 0.15) is 27.4 Å². The van der Waals surface area contributed by atoms with Crippen LogP contribution in [0.25, 0.3) is 0 Å². The summed E-state index contributed by atoms with van der Waals surface area (Å²) in [6, 6.07) is 9.53. The number of aryl methyl sites for hydroxylation is 1. The topological polar surface area (TPSA) is 75.6 Å². The fourth-order valence-corrected chi connectivity index (χ4v) is 2.85. The molecular weight excluding hydrogens is 292 g/mol. The lowest BCUT2D eigenvalue weighted by Gasteiger charge is -2.34. The van der Waals surface area contributed by atoms with Crippen molar-refractivity contribution in [2.24, 2.45) is 5.73 Å². The van der Waals surface area contributed by atoms with E-state index in [1.807, 2.05) is 25.1 Å². The fraction of sp³-hybridized carbons (Fsp3) is 0.412. The number of benzene rings is 1. The first-order valence-electron chi connectivity index (χ1n) is 7.86. The van der Waals surface area contributed by atoms with Gasteiger partial charge in [-0.2, -0.15) is 0 Å². The van der Waals surface area contributed by atoms with Crippen molar-refractivity contribution in [1.29, 1.82) is 0 Å². The highest BCUT2D eigenvalue weighted by Gasteiger charge is 2.18. The van der Waals surface area contributed by atoms with Gasteiger partial charge in [0.25, 0.3) is 0 Å². The number of amides is 1.